The number of anilines is 1. The third-order valence-electron chi connectivity index (χ3n) is 5.46. The maximum atomic E-state index is 6.13. The van der Waals surface area contributed by atoms with E-state index in [1.54, 1.807) is 0 Å². The monoisotopic (exact) mass is 408 g/mol. The minimum absolute atomic E-state index is 0.323. The molecule has 0 saturated heterocycles. The molecule has 1 aliphatic heterocycles. The van der Waals surface area contributed by atoms with Crippen molar-refractivity contribution in [2.45, 2.75) is 32.7 Å². The first-order valence-corrected chi connectivity index (χ1v) is 10.1. The normalized spacial score (nSPS) is 18.7. The van der Waals surface area contributed by atoms with E-state index < -0.39 is 0 Å². The first-order valence-electron chi connectivity index (χ1n) is 9.33. The van der Waals surface area contributed by atoms with Crippen molar-refractivity contribution in [1.29, 1.82) is 0 Å². The molecule has 28 heavy (non-hydrogen) atoms. The molecule has 1 N–H and O–H groups in total. The second-order valence-electron chi connectivity index (χ2n) is 7.66. The van der Waals surface area contributed by atoms with Gasteiger partial charge in [-0.15, -0.1) is 0 Å². The number of halogens is 2. The molecule has 0 amide bonds. The lowest BCUT2D eigenvalue weighted by atomic mass is 9.85. The lowest BCUT2D eigenvalue weighted by molar-refractivity contribution is 0.571. The van der Waals surface area contributed by atoms with Crippen LogP contribution in [0.4, 0.5) is 11.4 Å². The summed E-state index contributed by atoms with van der Waals surface area (Å²) in [5, 5.41) is 5.23. The van der Waals surface area contributed by atoms with Crippen molar-refractivity contribution >= 4 is 40.3 Å². The summed E-state index contributed by atoms with van der Waals surface area (Å²) in [7, 11) is 0. The zero-order valence-corrected chi connectivity index (χ0v) is 17.7. The Morgan fingerprint density at radius 3 is 2.07 bits per heavy atom. The van der Waals surface area contributed by atoms with Crippen molar-refractivity contribution in [2.24, 2.45) is 4.99 Å². The van der Waals surface area contributed by atoms with Gasteiger partial charge in [0.2, 0.25) is 0 Å². The molecule has 3 aromatic carbocycles. The predicted molar refractivity (Wildman–Crippen MR) is 121 cm³/mol. The van der Waals surface area contributed by atoms with Gasteiger partial charge < -0.3 is 5.32 Å². The van der Waals surface area contributed by atoms with Crippen molar-refractivity contribution in [2.75, 3.05) is 5.32 Å². The number of hydrogen-bond donors (Lipinski definition) is 1. The molecule has 0 radical (unpaired) electrons. The van der Waals surface area contributed by atoms with Crippen molar-refractivity contribution < 1.29 is 0 Å². The Hall–Kier alpha value is -2.29. The molecule has 0 aromatic heterocycles. The molecule has 2 nitrogen and oxygen atoms in total. The summed E-state index contributed by atoms with van der Waals surface area (Å²) in [6, 6.07) is 20.3. The highest BCUT2D eigenvalue weighted by atomic mass is 35.5. The molecule has 0 aliphatic carbocycles. The summed E-state index contributed by atoms with van der Waals surface area (Å²) in [6.45, 7) is 6.47. The van der Waals surface area contributed by atoms with Crippen LogP contribution in [0.15, 0.2) is 65.7 Å². The predicted octanol–water partition coefficient (Wildman–Crippen LogP) is 7.46. The summed E-state index contributed by atoms with van der Waals surface area (Å²) in [6.07, 6.45) is 0.739. The van der Waals surface area contributed by atoms with Crippen LogP contribution < -0.4 is 5.32 Å². The minimum atomic E-state index is -0.323. The summed E-state index contributed by atoms with van der Waals surface area (Å²) >= 11 is 12.2. The fourth-order valence-electron chi connectivity index (χ4n) is 3.66. The van der Waals surface area contributed by atoms with E-state index in [2.05, 4.69) is 50.4 Å². The lowest BCUT2D eigenvalue weighted by Crippen LogP contribution is -2.33. The van der Waals surface area contributed by atoms with Crippen molar-refractivity contribution in [3.05, 3.63) is 93.0 Å². The van der Waals surface area contributed by atoms with E-state index in [1.807, 2.05) is 36.4 Å². The number of rotatable bonds is 2. The van der Waals surface area contributed by atoms with E-state index in [9.17, 15) is 0 Å². The van der Waals surface area contributed by atoms with E-state index in [1.165, 1.54) is 16.7 Å². The van der Waals surface area contributed by atoms with Crippen LogP contribution in [0.5, 0.6) is 0 Å². The number of hydrogen-bond acceptors (Lipinski definition) is 2. The molecule has 1 aliphatic rings. The maximum Gasteiger partial charge on any atom is 0.0867 e. The first-order chi connectivity index (χ1) is 13.3. The molecule has 1 unspecified atom stereocenters. The summed E-state index contributed by atoms with van der Waals surface area (Å²) in [5.41, 5.74) is 7.45. The van der Waals surface area contributed by atoms with Crippen LogP contribution in [0, 0.1) is 13.8 Å². The second kappa shape index (κ2) is 7.27. The molecule has 1 heterocycles. The van der Waals surface area contributed by atoms with E-state index in [-0.39, 0.29) is 5.54 Å². The van der Waals surface area contributed by atoms with Gasteiger partial charge in [-0.25, -0.2) is 0 Å². The van der Waals surface area contributed by atoms with Crippen molar-refractivity contribution in [3.63, 3.8) is 0 Å². The summed E-state index contributed by atoms with van der Waals surface area (Å²) in [4.78, 5) is 5.06. The molecule has 0 saturated carbocycles. The van der Waals surface area contributed by atoms with Crippen LogP contribution in [0.1, 0.15) is 35.6 Å². The van der Waals surface area contributed by atoms with Gasteiger partial charge in [-0.1, -0.05) is 47.5 Å². The highest BCUT2D eigenvalue weighted by Crippen LogP contribution is 2.40. The SMILES string of the molecule is Cc1cc2c(cc1C)NC(C)(c1ccc(Cl)cc1)CC(c1ccc(Cl)cc1)=N2. The molecule has 0 fully saturated rings. The average Bonchev–Trinajstić information content (AvgIpc) is 2.80. The fourth-order valence-corrected chi connectivity index (χ4v) is 3.91. The van der Waals surface area contributed by atoms with Crippen LogP contribution in [0.25, 0.3) is 0 Å². The lowest BCUT2D eigenvalue weighted by Gasteiger charge is -2.32. The Bertz CT molecular complexity index is 1050. The molecule has 1 atom stereocenters. The fraction of sp³-hybridized carbons (Fsp3) is 0.208. The smallest absolute Gasteiger partial charge is 0.0867 e. The van der Waals surface area contributed by atoms with Crippen LogP contribution in [0.3, 0.4) is 0 Å². The van der Waals surface area contributed by atoms with E-state index >= 15 is 0 Å². The average molecular weight is 409 g/mol. The number of fused-ring (bicyclic) bond motifs is 1. The Kier molecular flexibility index (Phi) is 4.95. The highest BCUT2D eigenvalue weighted by molar-refractivity contribution is 6.31. The largest absolute Gasteiger partial charge is 0.374 e. The minimum Gasteiger partial charge on any atom is -0.374 e. The standard InChI is InChI=1S/C24H22Cl2N2/c1-15-12-21-22(13-16(15)2)28-24(3,18-6-10-20(26)11-7-18)14-23(27-21)17-4-8-19(25)9-5-17/h4-13,28H,14H2,1-3H3. The Labute approximate surface area is 176 Å². The molecule has 0 bridgehead atoms. The quantitative estimate of drug-likeness (QED) is 0.467. The third-order valence-corrected chi connectivity index (χ3v) is 5.96. The maximum absolute atomic E-state index is 6.13. The van der Waals surface area contributed by atoms with Crippen LogP contribution in [-0.4, -0.2) is 5.71 Å². The molecular weight excluding hydrogens is 387 g/mol. The Morgan fingerprint density at radius 1 is 0.857 bits per heavy atom. The van der Waals surface area contributed by atoms with Gasteiger partial charge in [0.1, 0.15) is 0 Å². The third kappa shape index (κ3) is 3.67. The highest BCUT2D eigenvalue weighted by Gasteiger charge is 2.32. The summed E-state index contributed by atoms with van der Waals surface area (Å²) < 4.78 is 0. The second-order valence-corrected chi connectivity index (χ2v) is 8.53. The molecule has 3 aromatic rings. The number of nitrogens with one attached hydrogen (secondary N) is 1. The van der Waals surface area contributed by atoms with Crippen LogP contribution in [-0.2, 0) is 5.54 Å². The van der Waals surface area contributed by atoms with E-state index in [0.29, 0.717) is 0 Å². The van der Waals surface area contributed by atoms with Gasteiger partial charge in [0, 0.05) is 16.5 Å². The van der Waals surface area contributed by atoms with Crippen molar-refractivity contribution in [3.8, 4) is 0 Å². The van der Waals surface area contributed by atoms with Crippen molar-refractivity contribution in [1.82, 2.24) is 0 Å². The Balaban J connectivity index is 1.89. The van der Waals surface area contributed by atoms with Gasteiger partial charge in [0.05, 0.1) is 22.6 Å². The van der Waals surface area contributed by atoms with Gasteiger partial charge in [0.15, 0.2) is 0 Å². The molecule has 4 rings (SSSR count). The number of nitrogens with zero attached hydrogens (tertiary/aromatic N) is 1. The van der Waals surface area contributed by atoms with E-state index in [4.69, 9.17) is 28.2 Å². The first kappa shape index (κ1) is 19.0. The van der Waals surface area contributed by atoms with Crippen LogP contribution in [0.2, 0.25) is 10.0 Å². The molecule has 142 valence electrons. The molecule has 4 heteroatoms. The van der Waals surface area contributed by atoms with Crippen LogP contribution >= 0.6 is 23.2 Å². The molecule has 0 spiro atoms. The van der Waals surface area contributed by atoms with E-state index in [0.717, 1.165) is 39.1 Å². The number of aryl methyl sites for hydroxylation is 2. The van der Waals surface area contributed by atoms with Gasteiger partial charge in [-0.2, -0.15) is 0 Å². The van der Waals surface area contributed by atoms with Gasteiger partial charge in [0.25, 0.3) is 0 Å². The number of aliphatic imine (C=N–C) groups is 1. The summed E-state index contributed by atoms with van der Waals surface area (Å²) in [5.74, 6) is 0. The zero-order chi connectivity index (χ0) is 19.9. The van der Waals surface area contributed by atoms with Gasteiger partial charge in [-0.05, 0) is 79.4 Å². The number of benzene rings is 3. The topological polar surface area (TPSA) is 24.4 Å². The zero-order valence-electron chi connectivity index (χ0n) is 16.2. The Morgan fingerprint density at radius 2 is 1.43 bits per heavy atom. The van der Waals surface area contributed by atoms with Gasteiger partial charge in [-0.3, -0.25) is 4.99 Å². The van der Waals surface area contributed by atoms with Gasteiger partial charge >= 0.3 is 0 Å². The molecular formula is C24H22Cl2N2.